The molecule has 24 heavy (non-hydrogen) atoms. The van der Waals surface area contributed by atoms with Crippen molar-refractivity contribution in [1.82, 2.24) is 15.1 Å². The molecule has 0 saturated carbocycles. The molecule has 0 unspecified atom stereocenters. The van der Waals surface area contributed by atoms with Gasteiger partial charge < -0.3 is 14.2 Å². The fourth-order valence-electron chi connectivity index (χ4n) is 3.02. The summed E-state index contributed by atoms with van der Waals surface area (Å²) in [6, 6.07) is 9.97. The van der Waals surface area contributed by atoms with Crippen LogP contribution >= 0.6 is 0 Å². The molecule has 0 fully saturated rings. The smallest absolute Gasteiger partial charge is 0.136 e. The number of hydrogen-bond donors (Lipinski definition) is 0. The summed E-state index contributed by atoms with van der Waals surface area (Å²) in [7, 11) is 2.01. The van der Waals surface area contributed by atoms with Gasteiger partial charge in [0.25, 0.3) is 0 Å². The van der Waals surface area contributed by atoms with Crippen LogP contribution in [0.5, 0.6) is 5.75 Å². The van der Waals surface area contributed by atoms with Gasteiger partial charge in [0.1, 0.15) is 36.0 Å². The number of rotatable bonds is 3. The van der Waals surface area contributed by atoms with Crippen molar-refractivity contribution in [2.75, 3.05) is 11.9 Å². The highest BCUT2D eigenvalue weighted by molar-refractivity contribution is 5.53. The topological polar surface area (TPSA) is 64.3 Å². The number of ether oxygens (including phenoxy) is 1. The first-order chi connectivity index (χ1) is 11.7. The molecule has 1 aliphatic heterocycles. The molecule has 0 atom stereocenters. The average Bonchev–Trinajstić information content (AvgIpc) is 3.01. The minimum atomic E-state index is 0.459. The van der Waals surface area contributed by atoms with Crippen molar-refractivity contribution in [3.63, 3.8) is 0 Å². The van der Waals surface area contributed by atoms with E-state index in [1.807, 2.05) is 38.2 Å². The maximum Gasteiger partial charge on any atom is 0.136 e. The Morgan fingerprint density at radius 1 is 1.17 bits per heavy atom. The molecule has 0 N–H and O–H groups in total. The van der Waals surface area contributed by atoms with Crippen LogP contribution in [0.15, 0.2) is 41.1 Å². The molecule has 122 valence electrons. The summed E-state index contributed by atoms with van der Waals surface area (Å²) in [5, 5.41) is 3.99. The summed E-state index contributed by atoms with van der Waals surface area (Å²) in [5.41, 5.74) is 4.07. The highest BCUT2D eigenvalue weighted by atomic mass is 16.5. The van der Waals surface area contributed by atoms with E-state index in [-0.39, 0.29) is 0 Å². The van der Waals surface area contributed by atoms with Crippen LogP contribution in [-0.2, 0) is 19.6 Å². The zero-order valence-electron chi connectivity index (χ0n) is 13.7. The van der Waals surface area contributed by atoms with Crippen LogP contribution in [0.4, 0.5) is 5.82 Å². The molecule has 3 heterocycles. The molecule has 0 saturated heterocycles. The van der Waals surface area contributed by atoms with Crippen molar-refractivity contribution < 1.29 is 9.26 Å². The van der Waals surface area contributed by atoms with E-state index < -0.39 is 0 Å². The fraction of sp³-hybridized carbons (Fsp3) is 0.278. The second-order valence-electron chi connectivity index (χ2n) is 5.94. The molecular formula is C18H18N4O2. The summed E-state index contributed by atoms with van der Waals surface area (Å²) in [5.74, 6) is 2.57. The summed E-state index contributed by atoms with van der Waals surface area (Å²) in [6.07, 6.45) is 2.34. The first kappa shape index (κ1) is 14.7. The third kappa shape index (κ3) is 2.71. The maximum absolute atomic E-state index is 5.93. The monoisotopic (exact) mass is 322 g/mol. The van der Waals surface area contributed by atoms with Gasteiger partial charge in [-0.2, -0.15) is 0 Å². The number of benzene rings is 1. The molecule has 6 heteroatoms. The van der Waals surface area contributed by atoms with Gasteiger partial charge in [0.2, 0.25) is 0 Å². The van der Waals surface area contributed by atoms with Crippen molar-refractivity contribution in [2.24, 2.45) is 0 Å². The molecule has 4 rings (SSSR count). The first-order valence-corrected chi connectivity index (χ1v) is 7.88. The second kappa shape index (κ2) is 5.96. The van der Waals surface area contributed by atoms with Gasteiger partial charge in [-0.15, -0.1) is 0 Å². The largest absolute Gasteiger partial charge is 0.487 e. The molecule has 0 radical (unpaired) electrons. The Morgan fingerprint density at radius 3 is 2.88 bits per heavy atom. The van der Waals surface area contributed by atoms with Crippen LogP contribution in [0.3, 0.4) is 0 Å². The van der Waals surface area contributed by atoms with E-state index >= 15 is 0 Å². The predicted molar refractivity (Wildman–Crippen MR) is 89.0 cm³/mol. The molecule has 1 aliphatic rings. The molecular weight excluding hydrogens is 304 g/mol. The molecule has 6 nitrogen and oxygen atoms in total. The van der Waals surface area contributed by atoms with Crippen LogP contribution in [0, 0.1) is 6.92 Å². The van der Waals surface area contributed by atoms with E-state index in [9.17, 15) is 0 Å². The van der Waals surface area contributed by atoms with Gasteiger partial charge >= 0.3 is 0 Å². The third-order valence-electron chi connectivity index (χ3n) is 4.14. The fourth-order valence-corrected chi connectivity index (χ4v) is 3.02. The van der Waals surface area contributed by atoms with Crippen molar-refractivity contribution >= 4 is 5.82 Å². The van der Waals surface area contributed by atoms with Crippen LogP contribution < -0.4 is 9.64 Å². The van der Waals surface area contributed by atoms with Gasteiger partial charge in [0.05, 0.1) is 12.2 Å². The number of aryl methyl sites for hydroxylation is 1. The lowest BCUT2D eigenvalue weighted by atomic mass is 10.0. The highest BCUT2D eigenvalue weighted by Gasteiger charge is 2.22. The van der Waals surface area contributed by atoms with Gasteiger partial charge in [-0.1, -0.05) is 23.4 Å². The Kier molecular flexibility index (Phi) is 3.65. The van der Waals surface area contributed by atoms with E-state index in [0.29, 0.717) is 13.2 Å². The molecule has 0 aliphatic carbocycles. The Labute approximate surface area is 140 Å². The Balaban J connectivity index is 1.75. The van der Waals surface area contributed by atoms with E-state index in [4.69, 9.17) is 9.26 Å². The molecule has 0 spiro atoms. The van der Waals surface area contributed by atoms with Gasteiger partial charge in [0.15, 0.2) is 0 Å². The van der Waals surface area contributed by atoms with E-state index in [1.165, 1.54) is 0 Å². The van der Waals surface area contributed by atoms with Gasteiger partial charge in [-0.25, -0.2) is 9.97 Å². The molecule has 3 aromatic rings. The summed E-state index contributed by atoms with van der Waals surface area (Å²) in [4.78, 5) is 11.4. The minimum absolute atomic E-state index is 0.459. The second-order valence-corrected chi connectivity index (χ2v) is 5.94. The predicted octanol–water partition coefficient (Wildman–Crippen LogP) is 2.89. The van der Waals surface area contributed by atoms with Gasteiger partial charge in [-0.05, 0) is 18.6 Å². The molecule has 2 aromatic heterocycles. The quantitative estimate of drug-likeness (QED) is 0.739. The Hall–Kier alpha value is -2.89. The summed E-state index contributed by atoms with van der Waals surface area (Å²) >= 11 is 0. The highest BCUT2D eigenvalue weighted by Crippen LogP contribution is 2.32. The first-order valence-electron chi connectivity index (χ1n) is 7.88. The van der Waals surface area contributed by atoms with E-state index in [1.54, 1.807) is 6.26 Å². The number of hydrogen-bond acceptors (Lipinski definition) is 6. The lowest BCUT2D eigenvalue weighted by Crippen LogP contribution is -2.22. The van der Waals surface area contributed by atoms with E-state index in [2.05, 4.69) is 26.1 Å². The maximum atomic E-state index is 5.93. The molecule has 1 aromatic carbocycles. The Morgan fingerprint density at radius 2 is 2.04 bits per heavy atom. The third-order valence-corrected chi connectivity index (χ3v) is 4.14. The lowest BCUT2D eigenvalue weighted by Gasteiger charge is -2.21. The van der Waals surface area contributed by atoms with Gasteiger partial charge in [0, 0.05) is 25.1 Å². The normalized spacial score (nSPS) is 12.8. The molecule has 0 bridgehead atoms. The van der Waals surface area contributed by atoms with Crippen molar-refractivity contribution in [3.05, 3.63) is 64.9 Å². The number of fused-ring (bicyclic) bond motifs is 2. The average molecular weight is 322 g/mol. The number of para-hydroxylation sites is 1. The van der Waals surface area contributed by atoms with Crippen molar-refractivity contribution in [3.8, 4) is 5.75 Å². The van der Waals surface area contributed by atoms with Crippen LogP contribution in [-0.4, -0.2) is 22.2 Å². The summed E-state index contributed by atoms with van der Waals surface area (Å²) in [6.45, 7) is 2.99. The number of nitrogens with zero attached hydrogens (tertiary/aromatic N) is 4. The minimum Gasteiger partial charge on any atom is -0.487 e. The zero-order valence-corrected chi connectivity index (χ0v) is 13.7. The van der Waals surface area contributed by atoms with Crippen LogP contribution in [0.25, 0.3) is 0 Å². The molecule has 0 amide bonds. The number of aromatic nitrogens is 3. The SMILES string of the molecule is Cc1nc2c(c(N(C)Cc3ccon3)n1)Cc1ccccc1OC2. The summed E-state index contributed by atoms with van der Waals surface area (Å²) < 4.78 is 10.9. The van der Waals surface area contributed by atoms with Crippen LogP contribution in [0.1, 0.15) is 28.3 Å². The zero-order chi connectivity index (χ0) is 16.5. The Bertz CT molecular complexity index is 861. The van der Waals surface area contributed by atoms with Crippen molar-refractivity contribution in [2.45, 2.75) is 26.5 Å². The standard InChI is InChI=1S/C18H18N4O2/c1-12-19-16-11-23-17-6-4-3-5-13(17)9-15(16)18(20-12)22(2)10-14-7-8-24-21-14/h3-8H,9-11H2,1-2H3. The van der Waals surface area contributed by atoms with Crippen molar-refractivity contribution in [1.29, 1.82) is 0 Å². The van der Waals surface area contributed by atoms with Gasteiger partial charge in [-0.3, -0.25) is 0 Å². The van der Waals surface area contributed by atoms with Crippen LogP contribution in [0.2, 0.25) is 0 Å². The van der Waals surface area contributed by atoms with E-state index in [0.717, 1.165) is 46.3 Å². The number of anilines is 1. The lowest BCUT2D eigenvalue weighted by molar-refractivity contribution is 0.301.